The summed E-state index contributed by atoms with van der Waals surface area (Å²) >= 11 is 0. The number of aromatic nitrogens is 1. The summed E-state index contributed by atoms with van der Waals surface area (Å²) in [4.78, 5) is 50.5. The van der Waals surface area contributed by atoms with Crippen molar-refractivity contribution in [2.75, 3.05) is 5.32 Å². The SMILES string of the molecule is CCC(OC(=O)c1c(-c2ccccc2)c2ccccc2c(=O)n1C)C(=O)Nc1ccc(C(=O)O)cc1. The quantitative estimate of drug-likeness (QED) is 0.374. The maximum Gasteiger partial charge on any atom is 0.356 e. The highest BCUT2D eigenvalue weighted by molar-refractivity contribution is 6.07. The van der Waals surface area contributed by atoms with Gasteiger partial charge in [0.1, 0.15) is 5.69 Å². The molecule has 1 amide bonds. The first-order valence-electron chi connectivity index (χ1n) is 11.3. The summed E-state index contributed by atoms with van der Waals surface area (Å²) in [5.41, 5.74) is 1.40. The highest BCUT2D eigenvalue weighted by Gasteiger charge is 2.27. The fourth-order valence-corrected chi connectivity index (χ4v) is 4.03. The van der Waals surface area contributed by atoms with E-state index in [1.165, 1.54) is 35.9 Å². The molecule has 0 spiro atoms. The molecule has 1 atom stereocenters. The molecule has 0 saturated carbocycles. The van der Waals surface area contributed by atoms with Crippen LogP contribution in [-0.4, -0.2) is 33.6 Å². The Labute approximate surface area is 206 Å². The monoisotopic (exact) mass is 484 g/mol. The van der Waals surface area contributed by atoms with E-state index in [4.69, 9.17) is 9.84 Å². The van der Waals surface area contributed by atoms with Gasteiger partial charge in [-0.05, 0) is 47.7 Å². The van der Waals surface area contributed by atoms with Crippen molar-refractivity contribution in [3.63, 3.8) is 0 Å². The Bertz CT molecular complexity index is 1510. The molecule has 0 aliphatic carbocycles. The number of carbonyl (C=O) groups is 3. The van der Waals surface area contributed by atoms with E-state index in [0.717, 1.165) is 5.56 Å². The van der Waals surface area contributed by atoms with Crippen molar-refractivity contribution in [2.24, 2.45) is 7.05 Å². The Morgan fingerprint density at radius 2 is 1.53 bits per heavy atom. The number of carboxylic acids is 1. The summed E-state index contributed by atoms with van der Waals surface area (Å²) in [7, 11) is 1.50. The van der Waals surface area contributed by atoms with Gasteiger partial charge in [-0.25, -0.2) is 9.59 Å². The third-order valence-electron chi connectivity index (χ3n) is 5.87. The lowest BCUT2D eigenvalue weighted by molar-refractivity contribution is -0.124. The first-order valence-corrected chi connectivity index (χ1v) is 11.3. The van der Waals surface area contributed by atoms with Gasteiger partial charge >= 0.3 is 11.9 Å². The molecule has 182 valence electrons. The van der Waals surface area contributed by atoms with Crippen molar-refractivity contribution < 1.29 is 24.2 Å². The zero-order valence-corrected chi connectivity index (χ0v) is 19.7. The number of nitrogens with one attached hydrogen (secondary N) is 1. The maximum atomic E-state index is 13.5. The highest BCUT2D eigenvalue weighted by Crippen LogP contribution is 2.31. The predicted molar refractivity (Wildman–Crippen MR) is 136 cm³/mol. The Morgan fingerprint density at radius 3 is 2.14 bits per heavy atom. The summed E-state index contributed by atoms with van der Waals surface area (Å²) in [6.07, 6.45) is -0.950. The van der Waals surface area contributed by atoms with Crippen LogP contribution in [0.2, 0.25) is 0 Å². The van der Waals surface area contributed by atoms with Gasteiger partial charge in [0.05, 0.1) is 5.56 Å². The van der Waals surface area contributed by atoms with Crippen LogP contribution in [-0.2, 0) is 16.6 Å². The summed E-state index contributed by atoms with van der Waals surface area (Å²) in [5.74, 6) is -2.45. The molecule has 1 unspecified atom stereocenters. The second kappa shape index (κ2) is 10.3. The van der Waals surface area contributed by atoms with Crippen molar-refractivity contribution in [1.82, 2.24) is 4.57 Å². The normalized spacial score (nSPS) is 11.6. The van der Waals surface area contributed by atoms with E-state index in [2.05, 4.69) is 5.32 Å². The molecular weight excluding hydrogens is 460 g/mol. The van der Waals surface area contributed by atoms with Gasteiger partial charge < -0.3 is 19.7 Å². The molecule has 0 bridgehead atoms. The molecule has 1 heterocycles. The number of hydrogen-bond donors (Lipinski definition) is 2. The van der Waals surface area contributed by atoms with Crippen molar-refractivity contribution in [3.05, 3.63) is 100 Å². The fraction of sp³-hybridized carbons (Fsp3) is 0.143. The van der Waals surface area contributed by atoms with E-state index in [-0.39, 0.29) is 23.2 Å². The van der Waals surface area contributed by atoms with Crippen LogP contribution in [0.3, 0.4) is 0 Å². The number of rotatable bonds is 7. The average molecular weight is 485 g/mol. The third-order valence-corrected chi connectivity index (χ3v) is 5.87. The summed E-state index contributed by atoms with van der Waals surface area (Å²) < 4.78 is 6.88. The first kappa shape index (κ1) is 24.4. The highest BCUT2D eigenvalue weighted by atomic mass is 16.5. The Morgan fingerprint density at radius 1 is 0.917 bits per heavy atom. The van der Waals surface area contributed by atoms with Gasteiger partial charge in [0.25, 0.3) is 11.5 Å². The Balaban J connectivity index is 1.69. The summed E-state index contributed by atoms with van der Waals surface area (Å²) in [5, 5.41) is 12.7. The van der Waals surface area contributed by atoms with E-state index in [1.54, 1.807) is 31.2 Å². The number of anilines is 1. The van der Waals surface area contributed by atoms with Gasteiger partial charge in [-0.1, -0.05) is 55.5 Å². The number of carboxylic acid groups (broad SMARTS) is 1. The standard InChI is InChI=1S/C28H24N2O6/c1-3-22(25(31)29-19-15-13-18(14-16-19)27(33)34)36-28(35)24-23(17-9-5-4-6-10-17)20-11-7-8-12-21(20)26(32)30(24)2/h4-16,22H,3H2,1-2H3,(H,29,31)(H,33,34). The van der Waals surface area contributed by atoms with Gasteiger partial charge in [0, 0.05) is 23.7 Å². The van der Waals surface area contributed by atoms with Gasteiger partial charge in [-0.2, -0.15) is 0 Å². The number of pyridine rings is 1. The lowest BCUT2D eigenvalue weighted by Crippen LogP contribution is -2.34. The van der Waals surface area contributed by atoms with Crippen LogP contribution in [0, 0.1) is 0 Å². The van der Waals surface area contributed by atoms with E-state index in [9.17, 15) is 19.2 Å². The van der Waals surface area contributed by atoms with E-state index in [1.807, 2.05) is 30.3 Å². The number of benzene rings is 3. The summed E-state index contributed by atoms with van der Waals surface area (Å²) in [6.45, 7) is 1.70. The molecule has 4 rings (SSSR count). The number of carbonyl (C=O) groups excluding carboxylic acids is 2. The molecular formula is C28H24N2O6. The van der Waals surface area contributed by atoms with Crippen LogP contribution in [0.15, 0.2) is 83.7 Å². The van der Waals surface area contributed by atoms with Crippen LogP contribution in [0.4, 0.5) is 5.69 Å². The number of aromatic carboxylic acids is 1. The van der Waals surface area contributed by atoms with Gasteiger partial charge in [-0.15, -0.1) is 0 Å². The van der Waals surface area contributed by atoms with Crippen LogP contribution in [0.1, 0.15) is 34.2 Å². The fourth-order valence-electron chi connectivity index (χ4n) is 4.03. The lowest BCUT2D eigenvalue weighted by atomic mass is 9.97. The molecule has 0 aliphatic rings. The number of ether oxygens (including phenoxy) is 1. The van der Waals surface area contributed by atoms with E-state index < -0.39 is 23.9 Å². The minimum Gasteiger partial charge on any atom is -0.478 e. The first-order chi connectivity index (χ1) is 17.3. The van der Waals surface area contributed by atoms with Crippen LogP contribution >= 0.6 is 0 Å². The Hall–Kier alpha value is -4.72. The number of hydrogen-bond acceptors (Lipinski definition) is 5. The summed E-state index contributed by atoms with van der Waals surface area (Å²) in [6, 6.07) is 21.9. The molecule has 0 saturated heterocycles. The average Bonchev–Trinajstić information content (AvgIpc) is 2.89. The van der Waals surface area contributed by atoms with Crippen LogP contribution < -0.4 is 10.9 Å². The smallest absolute Gasteiger partial charge is 0.356 e. The van der Waals surface area contributed by atoms with Crippen molar-refractivity contribution >= 4 is 34.3 Å². The van der Waals surface area contributed by atoms with E-state index >= 15 is 0 Å². The molecule has 0 aliphatic heterocycles. The molecule has 4 aromatic rings. The van der Waals surface area contributed by atoms with Gasteiger partial charge in [0.15, 0.2) is 6.10 Å². The van der Waals surface area contributed by atoms with Crippen molar-refractivity contribution in [2.45, 2.75) is 19.4 Å². The van der Waals surface area contributed by atoms with Crippen molar-refractivity contribution in [1.29, 1.82) is 0 Å². The molecule has 8 heteroatoms. The van der Waals surface area contributed by atoms with Gasteiger partial charge in [0.2, 0.25) is 0 Å². The molecule has 1 aromatic heterocycles. The Kier molecular flexibility index (Phi) is 6.96. The van der Waals surface area contributed by atoms with Gasteiger partial charge in [-0.3, -0.25) is 9.59 Å². The number of fused-ring (bicyclic) bond motifs is 1. The molecule has 2 N–H and O–H groups in total. The third kappa shape index (κ3) is 4.74. The van der Waals surface area contributed by atoms with E-state index in [0.29, 0.717) is 22.0 Å². The molecule has 3 aromatic carbocycles. The molecule has 0 fully saturated rings. The van der Waals surface area contributed by atoms with Crippen LogP contribution in [0.5, 0.6) is 0 Å². The van der Waals surface area contributed by atoms with Crippen LogP contribution in [0.25, 0.3) is 21.9 Å². The minimum absolute atomic E-state index is 0.0435. The number of esters is 1. The topological polar surface area (TPSA) is 115 Å². The molecule has 0 radical (unpaired) electrons. The number of nitrogens with zero attached hydrogens (tertiary/aromatic N) is 1. The lowest BCUT2D eigenvalue weighted by Gasteiger charge is -2.20. The predicted octanol–water partition coefficient (Wildman–Crippen LogP) is 4.48. The minimum atomic E-state index is -1.14. The zero-order valence-electron chi connectivity index (χ0n) is 19.7. The maximum absolute atomic E-state index is 13.5. The molecule has 8 nitrogen and oxygen atoms in total. The second-order valence-electron chi connectivity index (χ2n) is 8.17. The van der Waals surface area contributed by atoms with Crippen molar-refractivity contribution in [3.8, 4) is 11.1 Å². The molecule has 36 heavy (non-hydrogen) atoms. The second-order valence-corrected chi connectivity index (χ2v) is 8.17. The largest absolute Gasteiger partial charge is 0.478 e. The number of amides is 1. The zero-order chi connectivity index (χ0) is 25.8.